The number of ether oxygens (including phenoxy) is 1. The molecule has 170 valence electrons. The summed E-state index contributed by atoms with van der Waals surface area (Å²) in [5, 5.41) is 0. The van der Waals surface area contributed by atoms with Gasteiger partial charge < -0.3 is 4.74 Å². The van der Waals surface area contributed by atoms with Crippen LogP contribution in [0.15, 0.2) is 42.6 Å². The molecule has 2 heteroatoms. The molecule has 1 heterocycles. The first kappa shape index (κ1) is 23.8. The van der Waals surface area contributed by atoms with Crippen molar-refractivity contribution in [2.45, 2.75) is 97.3 Å². The third kappa shape index (κ3) is 8.31. The lowest BCUT2D eigenvalue weighted by Gasteiger charge is -2.28. The molecule has 0 bridgehead atoms. The molecule has 0 saturated heterocycles. The average molecular weight is 422 g/mol. The molecule has 3 rings (SSSR count). The summed E-state index contributed by atoms with van der Waals surface area (Å²) in [6, 6.07) is 12.9. The van der Waals surface area contributed by atoms with Gasteiger partial charge >= 0.3 is 0 Å². The zero-order valence-electron chi connectivity index (χ0n) is 20.0. The number of hydrogen-bond acceptors (Lipinski definition) is 2. The summed E-state index contributed by atoms with van der Waals surface area (Å²) in [7, 11) is 0. The molecule has 1 aliphatic carbocycles. The predicted octanol–water partition coefficient (Wildman–Crippen LogP) is 8.64. The minimum atomic E-state index is 0.730. The molecule has 0 unspecified atom stereocenters. The first-order valence-electron chi connectivity index (χ1n) is 13.0. The molecular weight excluding hydrogens is 378 g/mol. The number of nitrogens with zero attached hydrogens (tertiary/aromatic N) is 1. The topological polar surface area (TPSA) is 22.1 Å². The largest absolute Gasteiger partial charge is 0.493 e. The van der Waals surface area contributed by atoms with Crippen molar-refractivity contribution in [3.63, 3.8) is 0 Å². The van der Waals surface area contributed by atoms with Crippen LogP contribution in [0.25, 0.3) is 11.3 Å². The molecule has 0 spiro atoms. The van der Waals surface area contributed by atoms with Gasteiger partial charge in [0.15, 0.2) is 0 Å². The van der Waals surface area contributed by atoms with E-state index in [4.69, 9.17) is 4.74 Å². The van der Waals surface area contributed by atoms with Crippen LogP contribution in [-0.2, 0) is 6.42 Å². The second kappa shape index (κ2) is 13.6. The first-order chi connectivity index (χ1) is 15.3. The number of aromatic nitrogens is 1. The van der Waals surface area contributed by atoms with E-state index in [0.29, 0.717) is 0 Å². The van der Waals surface area contributed by atoms with E-state index in [-0.39, 0.29) is 0 Å². The lowest BCUT2D eigenvalue weighted by Crippen LogP contribution is -2.20. The van der Waals surface area contributed by atoms with Gasteiger partial charge in [0, 0.05) is 11.8 Å². The standard InChI is InChI=1S/C29H43NO/c1-3-5-7-9-11-25-16-21-29(30-22-25)27-17-19-28(20-18-27)31-23-26-14-12-24(13-15-26)10-8-6-4-2/h16-22,24,26H,3-15,23H2,1-2H3/t24-,26-. The van der Waals surface area contributed by atoms with Gasteiger partial charge in [0.05, 0.1) is 12.3 Å². The molecule has 1 aromatic carbocycles. The van der Waals surface area contributed by atoms with Gasteiger partial charge in [-0.1, -0.05) is 77.7 Å². The molecule has 0 aliphatic heterocycles. The van der Waals surface area contributed by atoms with Crippen molar-refractivity contribution in [3.8, 4) is 17.0 Å². The van der Waals surface area contributed by atoms with Gasteiger partial charge in [0.25, 0.3) is 0 Å². The fraction of sp³-hybridized carbons (Fsp3) is 0.621. The molecule has 31 heavy (non-hydrogen) atoms. The van der Waals surface area contributed by atoms with Crippen LogP contribution >= 0.6 is 0 Å². The van der Waals surface area contributed by atoms with Gasteiger partial charge in [0.1, 0.15) is 5.75 Å². The number of pyridine rings is 1. The number of hydrogen-bond donors (Lipinski definition) is 0. The van der Waals surface area contributed by atoms with Gasteiger partial charge in [-0.15, -0.1) is 0 Å². The normalized spacial score (nSPS) is 18.8. The Morgan fingerprint density at radius 2 is 1.48 bits per heavy atom. The minimum absolute atomic E-state index is 0.730. The third-order valence-electron chi connectivity index (χ3n) is 6.96. The lowest BCUT2D eigenvalue weighted by molar-refractivity contribution is 0.177. The molecule has 1 aromatic heterocycles. The SMILES string of the molecule is CCCCCCc1ccc(-c2ccc(OC[C@H]3CC[C@H](CCCCC)CC3)cc2)nc1. The van der Waals surface area contributed by atoms with Gasteiger partial charge in [-0.2, -0.15) is 0 Å². The van der Waals surface area contributed by atoms with E-state index in [1.54, 1.807) is 0 Å². The molecule has 0 radical (unpaired) electrons. The lowest BCUT2D eigenvalue weighted by atomic mass is 9.80. The zero-order chi connectivity index (χ0) is 21.7. The summed E-state index contributed by atoms with van der Waals surface area (Å²) < 4.78 is 6.13. The molecule has 0 amide bonds. The highest BCUT2D eigenvalue weighted by molar-refractivity contribution is 5.60. The van der Waals surface area contributed by atoms with Crippen LogP contribution in [0, 0.1) is 11.8 Å². The second-order valence-corrected chi connectivity index (χ2v) is 9.58. The van der Waals surface area contributed by atoms with Gasteiger partial charge in [-0.3, -0.25) is 4.98 Å². The van der Waals surface area contributed by atoms with E-state index in [0.717, 1.165) is 41.9 Å². The Hall–Kier alpha value is -1.83. The van der Waals surface area contributed by atoms with Crippen LogP contribution in [0.4, 0.5) is 0 Å². The Balaban J connectivity index is 1.39. The number of aryl methyl sites for hydroxylation is 1. The van der Waals surface area contributed by atoms with Crippen LogP contribution < -0.4 is 4.74 Å². The van der Waals surface area contributed by atoms with Crippen molar-refractivity contribution in [2.75, 3.05) is 6.61 Å². The van der Waals surface area contributed by atoms with Crippen LogP contribution in [0.5, 0.6) is 5.75 Å². The quantitative estimate of drug-likeness (QED) is 0.302. The van der Waals surface area contributed by atoms with Gasteiger partial charge in [-0.05, 0) is 73.4 Å². The molecule has 1 fully saturated rings. The number of rotatable bonds is 13. The Morgan fingerprint density at radius 1 is 0.774 bits per heavy atom. The fourth-order valence-corrected chi connectivity index (χ4v) is 4.80. The van der Waals surface area contributed by atoms with Gasteiger partial charge in [-0.25, -0.2) is 0 Å². The average Bonchev–Trinajstić information content (AvgIpc) is 2.82. The minimum Gasteiger partial charge on any atom is -0.493 e. The van der Waals surface area contributed by atoms with E-state index >= 15 is 0 Å². The van der Waals surface area contributed by atoms with E-state index in [1.807, 2.05) is 6.20 Å². The van der Waals surface area contributed by atoms with Crippen molar-refractivity contribution < 1.29 is 4.74 Å². The number of benzene rings is 1. The van der Waals surface area contributed by atoms with E-state index < -0.39 is 0 Å². The Labute approximate surface area is 190 Å². The summed E-state index contributed by atoms with van der Waals surface area (Å²) in [4.78, 5) is 4.69. The Kier molecular flexibility index (Phi) is 10.4. The highest BCUT2D eigenvalue weighted by atomic mass is 16.5. The molecule has 2 nitrogen and oxygen atoms in total. The molecule has 0 atom stereocenters. The van der Waals surface area contributed by atoms with Crippen LogP contribution in [0.1, 0.15) is 96.5 Å². The van der Waals surface area contributed by atoms with Crippen LogP contribution in [0.3, 0.4) is 0 Å². The third-order valence-corrected chi connectivity index (χ3v) is 6.96. The Morgan fingerprint density at radius 3 is 2.16 bits per heavy atom. The molecular formula is C29H43NO. The second-order valence-electron chi connectivity index (χ2n) is 9.58. The van der Waals surface area contributed by atoms with Crippen LogP contribution in [0.2, 0.25) is 0 Å². The highest BCUT2D eigenvalue weighted by Gasteiger charge is 2.21. The van der Waals surface area contributed by atoms with Gasteiger partial charge in [0.2, 0.25) is 0 Å². The smallest absolute Gasteiger partial charge is 0.119 e. The van der Waals surface area contributed by atoms with Crippen molar-refractivity contribution in [1.29, 1.82) is 0 Å². The molecule has 0 N–H and O–H groups in total. The van der Waals surface area contributed by atoms with E-state index in [9.17, 15) is 0 Å². The summed E-state index contributed by atoms with van der Waals surface area (Å²) in [6.45, 7) is 5.42. The van der Waals surface area contributed by atoms with E-state index in [1.165, 1.54) is 82.6 Å². The maximum absolute atomic E-state index is 6.13. The summed E-state index contributed by atoms with van der Waals surface area (Å²) in [6.07, 6.45) is 19.5. The number of unbranched alkanes of at least 4 members (excludes halogenated alkanes) is 5. The predicted molar refractivity (Wildman–Crippen MR) is 133 cm³/mol. The summed E-state index contributed by atoms with van der Waals surface area (Å²) >= 11 is 0. The van der Waals surface area contributed by atoms with Crippen molar-refractivity contribution in [3.05, 3.63) is 48.2 Å². The maximum Gasteiger partial charge on any atom is 0.119 e. The zero-order valence-corrected chi connectivity index (χ0v) is 20.0. The Bertz CT molecular complexity index is 713. The molecule has 1 saturated carbocycles. The summed E-state index contributed by atoms with van der Waals surface area (Å²) in [5.74, 6) is 2.69. The van der Waals surface area contributed by atoms with Crippen molar-refractivity contribution in [2.24, 2.45) is 11.8 Å². The summed E-state index contributed by atoms with van der Waals surface area (Å²) in [5.41, 5.74) is 3.56. The first-order valence-corrected chi connectivity index (χ1v) is 13.0. The van der Waals surface area contributed by atoms with Crippen molar-refractivity contribution >= 4 is 0 Å². The highest BCUT2D eigenvalue weighted by Crippen LogP contribution is 2.32. The molecule has 2 aromatic rings. The van der Waals surface area contributed by atoms with Crippen molar-refractivity contribution in [1.82, 2.24) is 4.98 Å². The monoisotopic (exact) mass is 421 g/mol. The van der Waals surface area contributed by atoms with Crippen LogP contribution in [-0.4, -0.2) is 11.6 Å². The molecule has 1 aliphatic rings. The fourth-order valence-electron chi connectivity index (χ4n) is 4.80. The van der Waals surface area contributed by atoms with E-state index in [2.05, 4.69) is 55.2 Å². The maximum atomic E-state index is 6.13.